The van der Waals surface area contributed by atoms with Crippen molar-refractivity contribution in [2.75, 3.05) is 109 Å². The summed E-state index contributed by atoms with van der Waals surface area (Å²) in [5.41, 5.74) is 21.2. The fourth-order valence-corrected chi connectivity index (χ4v) is 11.6. The summed E-state index contributed by atoms with van der Waals surface area (Å²) in [6, 6.07) is 10.5. The van der Waals surface area contributed by atoms with Crippen molar-refractivity contribution >= 4 is 78.1 Å². The number of amides is 1. The fraction of sp³-hybridized carbons (Fsp3) is 0.625. The molecule has 464 valence electrons. The van der Waals surface area contributed by atoms with Gasteiger partial charge in [0, 0.05) is 132 Å². The number of imidazole rings is 2. The number of nitrogens with two attached hydrogens (primary N) is 3. The van der Waals surface area contributed by atoms with Crippen LogP contribution in [0.3, 0.4) is 0 Å². The Morgan fingerprint density at radius 3 is 1.76 bits per heavy atom. The average Bonchev–Trinajstić information content (AvgIpc) is 4.24. The minimum Gasteiger partial charge on any atom is -0.707 e. The highest BCUT2D eigenvalue weighted by Gasteiger charge is 2.18. The van der Waals surface area contributed by atoms with E-state index in [1.165, 1.54) is 24.7 Å². The topological polar surface area (TPSA) is 297 Å². The van der Waals surface area contributed by atoms with Gasteiger partial charge >= 0.3 is 11.9 Å². The number of aromatic nitrogens is 4. The number of hydrogen-bond donors (Lipinski definition) is 5. The molecule has 0 radical (unpaired) electrons. The number of nitrogens with zero attached hydrogens (tertiary/aromatic N) is 11. The predicted octanol–water partition coefficient (Wildman–Crippen LogP) is 5.14. The van der Waals surface area contributed by atoms with Crippen LogP contribution < -0.4 is 42.2 Å². The Morgan fingerprint density at radius 1 is 0.723 bits per heavy atom. The monoisotopic (exact) mass is 1220 g/mol. The second-order valence-corrected chi connectivity index (χ2v) is 24.7. The summed E-state index contributed by atoms with van der Waals surface area (Å²) in [4.78, 5) is 43.7. The van der Waals surface area contributed by atoms with Crippen LogP contribution in [0.2, 0.25) is 0 Å². The molecule has 1 aliphatic rings. The van der Waals surface area contributed by atoms with Gasteiger partial charge in [0.15, 0.2) is 5.82 Å². The van der Waals surface area contributed by atoms with E-state index in [1.54, 1.807) is 21.3 Å². The summed E-state index contributed by atoms with van der Waals surface area (Å²) in [6.07, 6.45) is 18.3. The van der Waals surface area contributed by atoms with Gasteiger partial charge in [-0.25, -0.2) is 31.1 Å². The van der Waals surface area contributed by atoms with Gasteiger partial charge in [0.2, 0.25) is 5.91 Å². The van der Waals surface area contributed by atoms with Gasteiger partial charge in [0.25, 0.3) is 10.1 Å². The number of ketones is 2. The molecule has 1 aliphatic heterocycles. The van der Waals surface area contributed by atoms with E-state index < -0.39 is 15.9 Å². The number of benzene rings is 2. The Labute approximate surface area is 499 Å². The molecule has 0 bridgehead atoms. The number of carbonyl (C=O) groups excluding carboxylic acids is 3. The first-order valence-corrected chi connectivity index (χ1v) is 32.9. The molecular formula is C56H94FN16O7S3+. The number of azo groups is 2. The quantitative estimate of drug-likeness (QED) is 0.00969. The van der Waals surface area contributed by atoms with E-state index in [9.17, 15) is 27.2 Å². The zero-order valence-electron chi connectivity index (χ0n) is 50.1. The van der Waals surface area contributed by atoms with E-state index in [2.05, 4.69) is 50.1 Å². The van der Waals surface area contributed by atoms with Crippen LogP contribution in [0.25, 0.3) is 0 Å². The summed E-state index contributed by atoms with van der Waals surface area (Å²) >= 11 is 0. The zero-order valence-corrected chi connectivity index (χ0v) is 52.5. The highest BCUT2D eigenvalue weighted by molar-refractivity contribution is 8.77. The van der Waals surface area contributed by atoms with Crippen molar-refractivity contribution in [3.8, 4) is 0 Å². The smallest absolute Gasteiger partial charge is 0.421 e. The first kappa shape index (κ1) is 72.2. The Bertz CT molecular complexity index is 2670. The lowest BCUT2D eigenvalue weighted by atomic mass is 10.1. The van der Waals surface area contributed by atoms with Crippen molar-refractivity contribution in [3.63, 3.8) is 0 Å². The van der Waals surface area contributed by atoms with E-state index in [1.807, 2.05) is 116 Å². The highest BCUT2D eigenvalue weighted by Crippen LogP contribution is 2.40. The van der Waals surface area contributed by atoms with Crippen LogP contribution in [0.15, 0.2) is 81.6 Å². The van der Waals surface area contributed by atoms with Crippen molar-refractivity contribution in [2.24, 2.45) is 65.8 Å². The van der Waals surface area contributed by atoms with Gasteiger partial charge in [-0.3, -0.25) is 24.2 Å². The van der Waals surface area contributed by atoms with Gasteiger partial charge in [-0.05, 0) is 80.6 Å². The molecule has 0 aliphatic carbocycles. The average molecular weight is 1220 g/mol. The third kappa shape index (κ3) is 30.0. The van der Waals surface area contributed by atoms with Crippen LogP contribution in [0.5, 0.6) is 0 Å². The predicted molar refractivity (Wildman–Crippen MR) is 327 cm³/mol. The number of unbranched alkanes of at least 4 members (excludes halogenated alkanes) is 3. The minimum atomic E-state index is -3.72. The van der Waals surface area contributed by atoms with Gasteiger partial charge < -0.3 is 42.3 Å². The van der Waals surface area contributed by atoms with Crippen molar-refractivity contribution in [1.82, 2.24) is 29.2 Å². The number of halogens is 1. The lowest BCUT2D eigenvalue weighted by molar-refractivity contribution is -0.657. The molecule has 5 rings (SSSR count). The molecule has 1 unspecified atom stereocenters. The van der Waals surface area contributed by atoms with Gasteiger partial charge in [-0.15, -0.1) is 0 Å². The van der Waals surface area contributed by atoms with E-state index in [0.29, 0.717) is 69.8 Å². The van der Waals surface area contributed by atoms with Crippen LogP contribution in [0.1, 0.15) is 89.2 Å². The first-order valence-electron chi connectivity index (χ1n) is 28.7. The summed E-state index contributed by atoms with van der Waals surface area (Å²) < 4.78 is 42.8. The van der Waals surface area contributed by atoms with Gasteiger partial charge in [-0.2, -0.15) is 0 Å². The van der Waals surface area contributed by atoms with E-state index in [-0.39, 0.29) is 29.6 Å². The second-order valence-electron chi connectivity index (χ2n) is 20.4. The normalized spacial score (nSPS) is 13.5. The molecule has 1 saturated heterocycles. The molecule has 0 saturated carbocycles. The molecule has 4 aromatic rings. The van der Waals surface area contributed by atoms with Gasteiger partial charge in [-0.1, -0.05) is 70.6 Å². The molecule has 1 fully saturated rings. The number of hydrogen-bond acceptors (Lipinski definition) is 20. The maximum Gasteiger partial charge on any atom is 0.421 e. The van der Waals surface area contributed by atoms with Crippen LogP contribution in [-0.4, -0.2) is 159 Å². The Hall–Kier alpha value is -5.07. The molecule has 1 amide bonds. The largest absolute Gasteiger partial charge is 0.707 e. The number of rotatable bonds is 38. The summed E-state index contributed by atoms with van der Waals surface area (Å²) in [5, 5.41) is 33.7. The number of carbonyl (C=O) groups is 3. The lowest BCUT2D eigenvalue weighted by Gasteiger charge is -2.30. The first-order chi connectivity index (χ1) is 39.8. The van der Waals surface area contributed by atoms with E-state index >= 15 is 0 Å². The fourth-order valence-electron chi connectivity index (χ4n) is 8.62. The molecule has 3 heterocycles. The van der Waals surface area contributed by atoms with Gasteiger partial charge in [0.05, 0.1) is 64.9 Å². The van der Waals surface area contributed by atoms with Crippen LogP contribution in [0, 0.1) is 5.82 Å². The van der Waals surface area contributed by atoms with Crippen molar-refractivity contribution < 1.29 is 45.9 Å². The summed E-state index contributed by atoms with van der Waals surface area (Å²) in [6.45, 7) is 14.7. The third-order valence-corrected chi connectivity index (χ3v) is 16.8. The maximum atomic E-state index is 13.8. The molecule has 2 aromatic heterocycles. The van der Waals surface area contributed by atoms with E-state index in [4.69, 9.17) is 22.5 Å². The molecule has 83 heavy (non-hydrogen) atoms. The Morgan fingerprint density at radius 2 is 1.25 bits per heavy atom. The summed E-state index contributed by atoms with van der Waals surface area (Å²) in [5.74, 6) is 2.57. The number of aryl methyl sites for hydroxylation is 4. The van der Waals surface area contributed by atoms with Gasteiger partial charge in [0.1, 0.15) is 22.9 Å². The minimum absolute atomic E-state index is 0.110. The molecule has 2 aromatic carbocycles. The molecule has 27 heteroatoms. The third-order valence-electron chi connectivity index (χ3n) is 13.5. The zero-order chi connectivity index (χ0) is 61.0. The second kappa shape index (κ2) is 41.1. The number of anilines is 1. The molecular weight excluding hydrogens is 1120 g/mol. The highest BCUT2D eigenvalue weighted by atomic mass is 33.1. The molecule has 8 N–H and O–H groups in total. The molecule has 23 nitrogen and oxygen atoms in total. The standard InChI is InChI=1S/C40H72N12O2S2.C15H18FN4O.CH4O4S/c1-4-35(53)32-34-12-13-37(38(33-34)46-47-40-48(2)25-26-49(40)3)44-18-23-52(29-27-50(21-16-42)20-9-5-8-15-41)30-28-51(22-17-43)24-19-45-39(54)11-7-6-10-36-14-31-55-56-36;1-4-12(21)9-11-5-6-13(16)14(10-11)17-18-15-19(2)7-8-20(15)3;1-6(3,4)5-2/h12-13,25-26,33,36H,4-11,14-24,27-32,41-43H2,1-3H3,(H,45,54);5-8,10H,4,9H2,1-3H3;2H,1H3/q;+1;. The van der Waals surface area contributed by atoms with Crippen molar-refractivity contribution in [3.05, 3.63) is 78.1 Å². The van der Waals surface area contributed by atoms with Crippen LogP contribution >= 0.6 is 21.6 Å². The Balaban J connectivity index is 0.000000546. The maximum absolute atomic E-state index is 13.8. The van der Waals surface area contributed by atoms with E-state index in [0.717, 1.165) is 126 Å². The number of nitrogens with one attached hydrogen (secondary N) is 2. The Kier molecular flexibility index (Phi) is 35.7. The van der Waals surface area contributed by atoms with Crippen molar-refractivity contribution in [1.29, 1.82) is 0 Å². The number of Topliss-reactive ketones (excluding diaryl/α,β-unsaturated/α-hetero) is 2. The lowest BCUT2D eigenvalue weighted by Crippen LogP contribution is -2.45. The van der Waals surface area contributed by atoms with Crippen LogP contribution in [-0.2, 0) is 69.9 Å². The molecule has 0 spiro atoms. The van der Waals surface area contributed by atoms with Crippen molar-refractivity contribution in [2.45, 2.75) is 96.1 Å². The summed E-state index contributed by atoms with van der Waals surface area (Å²) in [7, 11) is 7.82. The SMILES string of the molecule is CCC(=O)Cc1ccc(F)c(N=Nc2n(C)cc[n+]2C)c1.CCC(=O)Cc1ccc(NCCN(CCN(CCN)CCCCCN)CCN(CCN)CCNC(=O)CCCCC2CCSS2)c(N=Nc2n(C)cc[n+]2C)c1.CS(=O)(=O)O[O-]. The van der Waals surface area contributed by atoms with Crippen LogP contribution in [0.4, 0.5) is 33.3 Å². The molecule has 1 atom stereocenters.